The van der Waals surface area contributed by atoms with Crippen LogP contribution < -0.4 is 5.32 Å². The molecule has 1 heterocycles. The molecule has 31 heavy (non-hydrogen) atoms. The lowest BCUT2D eigenvalue weighted by Gasteiger charge is -2.38. The van der Waals surface area contributed by atoms with Crippen LogP contribution in [0, 0.1) is 0 Å². The quantitative estimate of drug-likeness (QED) is 0.758. The van der Waals surface area contributed by atoms with E-state index < -0.39 is 17.7 Å². The molecule has 0 saturated heterocycles. The molecule has 4 rings (SSSR count). The van der Waals surface area contributed by atoms with Gasteiger partial charge in [0.05, 0.1) is 12.6 Å². The summed E-state index contributed by atoms with van der Waals surface area (Å²) in [4.78, 5) is 27.9. The normalized spacial score (nSPS) is 20.4. The van der Waals surface area contributed by atoms with Gasteiger partial charge in [-0.3, -0.25) is 9.69 Å². The highest BCUT2D eigenvalue weighted by Crippen LogP contribution is 2.32. The highest BCUT2D eigenvalue weighted by atomic mass is 16.6. The molecular weight excluding hydrogens is 392 g/mol. The molecule has 2 N–H and O–H groups in total. The zero-order valence-corrected chi connectivity index (χ0v) is 18.4. The van der Waals surface area contributed by atoms with Crippen LogP contribution in [0.25, 0.3) is 0 Å². The van der Waals surface area contributed by atoms with Crippen LogP contribution >= 0.6 is 0 Å². The molecule has 0 unspecified atom stereocenters. The zero-order chi connectivity index (χ0) is 22.2. The minimum Gasteiger partial charge on any atom is -0.508 e. The van der Waals surface area contributed by atoms with Crippen molar-refractivity contribution < 1.29 is 19.4 Å². The smallest absolute Gasteiger partial charge is 0.411 e. The van der Waals surface area contributed by atoms with Gasteiger partial charge in [0, 0.05) is 6.42 Å². The third-order valence-corrected chi connectivity index (χ3v) is 5.94. The van der Waals surface area contributed by atoms with E-state index in [4.69, 9.17) is 4.74 Å². The first-order chi connectivity index (χ1) is 14.7. The fraction of sp³-hybridized carbons (Fsp3) is 0.440. The maximum absolute atomic E-state index is 13.4. The average Bonchev–Trinajstić information content (AvgIpc) is 2.71. The molecule has 2 aromatic rings. The number of phenolic OH excluding ortho intramolecular Hbond substituents is 1. The monoisotopic (exact) mass is 422 g/mol. The Balaban J connectivity index is 1.60. The van der Waals surface area contributed by atoms with E-state index in [1.54, 1.807) is 12.1 Å². The van der Waals surface area contributed by atoms with Crippen molar-refractivity contribution in [2.24, 2.45) is 0 Å². The number of nitrogens with one attached hydrogen (secondary N) is 1. The third-order valence-electron chi connectivity index (χ3n) is 5.94. The fourth-order valence-electron chi connectivity index (χ4n) is 4.49. The predicted molar refractivity (Wildman–Crippen MR) is 118 cm³/mol. The van der Waals surface area contributed by atoms with E-state index in [1.165, 1.54) is 10.5 Å². The summed E-state index contributed by atoms with van der Waals surface area (Å²) in [5, 5.41) is 13.1. The number of amides is 2. The van der Waals surface area contributed by atoms with Crippen molar-refractivity contribution in [3.63, 3.8) is 0 Å². The van der Waals surface area contributed by atoms with E-state index >= 15 is 0 Å². The molecule has 0 spiro atoms. The minimum absolute atomic E-state index is 0.0563. The predicted octanol–water partition coefficient (Wildman–Crippen LogP) is 4.25. The fourth-order valence-corrected chi connectivity index (χ4v) is 4.49. The highest BCUT2D eigenvalue weighted by Gasteiger charge is 2.38. The number of carbonyl (C=O) groups is 2. The second-order valence-electron chi connectivity index (χ2n) is 9.43. The number of hydrogen-bond acceptors (Lipinski definition) is 4. The lowest BCUT2D eigenvalue weighted by Crippen LogP contribution is -2.54. The van der Waals surface area contributed by atoms with E-state index in [0.717, 1.165) is 36.0 Å². The Morgan fingerprint density at radius 3 is 2.65 bits per heavy atom. The van der Waals surface area contributed by atoms with Crippen LogP contribution in [0.5, 0.6) is 5.75 Å². The van der Waals surface area contributed by atoms with Crippen molar-refractivity contribution in [3.8, 4) is 5.75 Å². The molecule has 0 radical (unpaired) electrons. The summed E-state index contributed by atoms with van der Waals surface area (Å²) in [5.41, 5.74) is 3.55. The van der Waals surface area contributed by atoms with Gasteiger partial charge in [-0.1, -0.05) is 30.3 Å². The lowest BCUT2D eigenvalue weighted by atomic mass is 9.87. The van der Waals surface area contributed by atoms with Crippen LogP contribution in [-0.4, -0.2) is 33.6 Å². The molecule has 2 atom stereocenters. The van der Waals surface area contributed by atoms with E-state index in [0.29, 0.717) is 6.42 Å². The Morgan fingerprint density at radius 2 is 1.87 bits per heavy atom. The number of benzene rings is 2. The van der Waals surface area contributed by atoms with Gasteiger partial charge in [0.2, 0.25) is 5.91 Å². The van der Waals surface area contributed by atoms with Crippen LogP contribution in [0.4, 0.5) is 4.79 Å². The highest BCUT2D eigenvalue weighted by molar-refractivity contribution is 5.87. The first-order valence-electron chi connectivity index (χ1n) is 10.9. The van der Waals surface area contributed by atoms with Gasteiger partial charge in [0.1, 0.15) is 17.4 Å². The molecule has 2 amide bonds. The van der Waals surface area contributed by atoms with Crippen molar-refractivity contribution in [1.82, 2.24) is 10.2 Å². The van der Waals surface area contributed by atoms with Crippen molar-refractivity contribution in [3.05, 3.63) is 64.7 Å². The number of carbonyl (C=O) groups excluding carboxylic acids is 2. The number of ether oxygens (including phenoxy) is 1. The molecule has 6 heteroatoms. The first kappa shape index (κ1) is 21.2. The van der Waals surface area contributed by atoms with Crippen LogP contribution in [0.15, 0.2) is 42.5 Å². The second-order valence-corrected chi connectivity index (χ2v) is 9.43. The summed E-state index contributed by atoms with van der Waals surface area (Å²) in [6.07, 6.45) is 2.78. The number of phenols is 1. The van der Waals surface area contributed by atoms with Crippen molar-refractivity contribution in [2.45, 2.75) is 70.7 Å². The molecule has 6 nitrogen and oxygen atoms in total. The number of hydrogen-bond donors (Lipinski definition) is 2. The molecule has 1 aliphatic heterocycles. The molecule has 2 aliphatic rings. The first-order valence-corrected chi connectivity index (χ1v) is 10.9. The molecule has 0 bridgehead atoms. The Labute approximate surface area is 183 Å². The third kappa shape index (κ3) is 4.68. The molecule has 2 aromatic carbocycles. The van der Waals surface area contributed by atoms with Crippen LogP contribution in [0.2, 0.25) is 0 Å². The number of nitrogens with zero attached hydrogens (tertiary/aromatic N) is 1. The zero-order valence-electron chi connectivity index (χ0n) is 18.4. The van der Waals surface area contributed by atoms with E-state index in [2.05, 4.69) is 17.4 Å². The Morgan fingerprint density at radius 1 is 1.10 bits per heavy atom. The van der Waals surface area contributed by atoms with Crippen molar-refractivity contribution >= 4 is 12.0 Å². The van der Waals surface area contributed by atoms with Crippen LogP contribution in [0.1, 0.15) is 61.9 Å². The van der Waals surface area contributed by atoms with Gasteiger partial charge in [0.15, 0.2) is 0 Å². The molecular formula is C25H30N2O4. The second kappa shape index (κ2) is 8.25. The van der Waals surface area contributed by atoms with Crippen LogP contribution in [0.3, 0.4) is 0 Å². The summed E-state index contributed by atoms with van der Waals surface area (Å²) in [6, 6.07) is 12.6. The molecule has 0 saturated carbocycles. The molecule has 0 aromatic heterocycles. The molecule has 1 aliphatic carbocycles. The van der Waals surface area contributed by atoms with Crippen molar-refractivity contribution in [2.75, 3.05) is 0 Å². The van der Waals surface area contributed by atoms with Gasteiger partial charge in [-0.2, -0.15) is 0 Å². The summed E-state index contributed by atoms with van der Waals surface area (Å²) < 4.78 is 5.59. The van der Waals surface area contributed by atoms with Gasteiger partial charge in [-0.05, 0) is 74.4 Å². The maximum atomic E-state index is 13.4. The standard InChI is InChI=1S/C25H30N2O4/c1-25(2,3)31-24(30)27-15-18-13-19(28)12-11-17(18)14-22(27)23(29)26-21-10-6-8-16-7-4-5-9-20(16)21/h4-5,7,9,11-13,21-22,28H,6,8,10,14-15H2,1-3H3,(H,26,29)/t21-,22+/m1/s1. The average molecular weight is 423 g/mol. The number of aromatic hydroxyl groups is 1. The summed E-state index contributed by atoms with van der Waals surface area (Å²) >= 11 is 0. The number of aryl methyl sites for hydroxylation is 1. The van der Waals surface area contributed by atoms with Crippen molar-refractivity contribution in [1.29, 1.82) is 0 Å². The summed E-state index contributed by atoms with van der Waals surface area (Å²) in [7, 11) is 0. The van der Waals surface area contributed by atoms with Gasteiger partial charge < -0.3 is 15.2 Å². The lowest BCUT2D eigenvalue weighted by molar-refractivity contribution is -0.128. The largest absolute Gasteiger partial charge is 0.508 e. The van der Waals surface area contributed by atoms with Gasteiger partial charge in [-0.15, -0.1) is 0 Å². The van der Waals surface area contributed by atoms with Gasteiger partial charge in [-0.25, -0.2) is 4.79 Å². The maximum Gasteiger partial charge on any atom is 0.411 e. The Bertz CT molecular complexity index is 995. The Hall–Kier alpha value is -3.02. The molecule has 164 valence electrons. The topological polar surface area (TPSA) is 78.9 Å². The summed E-state index contributed by atoms with van der Waals surface area (Å²) in [6.45, 7) is 5.64. The number of fused-ring (bicyclic) bond motifs is 2. The van der Waals surface area contributed by atoms with Gasteiger partial charge >= 0.3 is 6.09 Å². The van der Waals surface area contributed by atoms with E-state index in [1.807, 2.05) is 39.0 Å². The number of rotatable bonds is 2. The molecule has 0 fully saturated rings. The van der Waals surface area contributed by atoms with E-state index in [9.17, 15) is 14.7 Å². The van der Waals surface area contributed by atoms with Crippen LogP contribution in [-0.2, 0) is 28.9 Å². The van der Waals surface area contributed by atoms with Gasteiger partial charge in [0.25, 0.3) is 0 Å². The SMILES string of the molecule is CC(C)(C)OC(=O)N1Cc2cc(O)ccc2C[C@H]1C(=O)N[C@@H]1CCCc2ccccc21. The van der Waals surface area contributed by atoms with E-state index in [-0.39, 0.29) is 24.2 Å². The summed E-state index contributed by atoms with van der Waals surface area (Å²) in [5.74, 6) is -0.0316. The Kier molecular flexibility index (Phi) is 5.65. The minimum atomic E-state index is -0.667.